The highest BCUT2D eigenvalue weighted by atomic mass is 16.5. The maximum atomic E-state index is 8.95. The SMILES string of the molecule is COC1=NC(N)/C(=N\O)C(Nc2ccccc2)=N1. The van der Waals surface area contributed by atoms with Crippen LogP contribution in [0, 0.1) is 0 Å². The zero-order valence-corrected chi connectivity index (χ0v) is 9.74. The Morgan fingerprint density at radius 1 is 1.39 bits per heavy atom. The maximum absolute atomic E-state index is 8.95. The van der Waals surface area contributed by atoms with Crippen LogP contribution in [0.3, 0.4) is 0 Å². The fourth-order valence-corrected chi connectivity index (χ4v) is 1.46. The molecule has 4 N–H and O–H groups in total. The quantitative estimate of drug-likeness (QED) is 0.500. The first-order chi connectivity index (χ1) is 8.74. The molecule has 94 valence electrons. The van der Waals surface area contributed by atoms with Gasteiger partial charge in [-0.1, -0.05) is 23.4 Å². The van der Waals surface area contributed by atoms with Gasteiger partial charge >= 0.3 is 6.02 Å². The summed E-state index contributed by atoms with van der Waals surface area (Å²) in [5.74, 6) is 0.308. The van der Waals surface area contributed by atoms with Crippen LogP contribution in [0.15, 0.2) is 45.5 Å². The lowest BCUT2D eigenvalue weighted by atomic mass is 10.2. The smallest absolute Gasteiger partial charge is 0.315 e. The lowest BCUT2D eigenvalue weighted by Crippen LogP contribution is -2.42. The molecule has 0 saturated heterocycles. The van der Waals surface area contributed by atoms with Crippen LogP contribution in [0.5, 0.6) is 0 Å². The molecule has 0 saturated carbocycles. The lowest BCUT2D eigenvalue weighted by molar-refractivity contribution is 0.317. The number of aliphatic imine (C=N–C) groups is 2. The minimum absolute atomic E-state index is 0.133. The highest BCUT2D eigenvalue weighted by Gasteiger charge is 2.24. The van der Waals surface area contributed by atoms with Gasteiger partial charge in [-0.2, -0.15) is 4.99 Å². The number of hydrogen-bond acceptors (Lipinski definition) is 7. The van der Waals surface area contributed by atoms with Crippen LogP contribution in [0.25, 0.3) is 0 Å². The minimum atomic E-state index is -0.811. The molecule has 0 radical (unpaired) electrons. The number of anilines is 1. The third-order valence-electron chi connectivity index (χ3n) is 2.31. The second-order valence-corrected chi connectivity index (χ2v) is 3.50. The van der Waals surface area contributed by atoms with Crippen molar-refractivity contribution in [3.05, 3.63) is 30.3 Å². The van der Waals surface area contributed by atoms with E-state index in [2.05, 4.69) is 20.5 Å². The molecular weight excluding hydrogens is 234 g/mol. The summed E-state index contributed by atoms with van der Waals surface area (Å²) in [5, 5.41) is 15.1. The van der Waals surface area contributed by atoms with Crippen molar-refractivity contribution in [3.63, 3.8) is 0 Å². The Morgan fingerprint density at radius 3 is 2.72 bits per heavy atom. The average molecular weight is 247 g/mol. The number of nitrogens with one attached hydrogen (secondary N) is 1. The minimum Gasteiger partial charge on any atom is -0.467 e. The number of amidine groups is 2. The highest BCUT2D eigenvalue weighted by molar-refractivity contribution is 6.49. The summed E-state index contributed by atoms with van der Waals surface area (Å²) in [6.45, 7) is 0. The summed E-state index contributed by atoms with van der Waals surface area (Å²) >= 11 is 0. The topological polar surface area (TPSA) is 105 Å². The van der Waals surface area contributed by atoms with E-state index in [0.29, 0.717) is 5.84 Å². The molecule has 1 aliphatic rings. The third-order valence-corrected chi connectivity index (χ3v) is 2.31. The van der Waals surface area contributed by atoms with E-state index < -0.39 is 6.17 Å². The van der Waals surface area contributed by atoms with Crippen molar-refractivity contribution in [1.29, 1.82) is 0 Å². The van der Waals surface area contributed by atoms with Crippen LogP contribution in [0.4, 0.5) is 5.69 Å². The zero-order chi connectivity index (χ0) is 13.0. The van der Waals surface area contributed by atoms with Gasteiger partial charge in [0.05, 0.1) is 7.11 Å². The third kappa shape index (κ3) is 2.46. The predicted molar refractivity (Wildman–Crippen MR) is 69.1 cm³/mol. The molecule has 0 amide bonds. The Morgan fingerprint density at radius 2 is 2.11 bits per heavy atom. The molecule has 18 heavy (non-hydrogen) atoms. The number of methoxy groups -OCH3 is 1. The normalized spacial score (nSPS) is 21.2. The highest BCUT2D eigenvalue weighted by Crippen LogP contribution is 2.09. The van der Waals surface area contributed by atoms with Crippen molar-refractivity contribution in [2.75, 3.05) is 12.4 Å². The van der Waals surface area contributed by atoms with Crippen molar-refractivity contribution < 1.29 is 9.94 Å². The molecule has 1 heterocycles. The Hall–Kier alpha value is -2.41. The fraction of sp³-hybridized carbons (Fsp3) is 0.182. The van der Waals surface area contributed by atoms with Gasteiger partial charge in [-0.3, -0.25) is 0 Å². The summed E-state index contributed by atoms with van der Waals surface area (Å²) < 4.78 is 4.93. The standard InChI is InChI=1S/C11H13N5O2/c1-18-11-14-9(12)8(16-17)10(15-11)13-7-5-3-2-4-6-7/h2-6,9,17H,12H2,1H3,(H,13,14,15)/b16-8+. The largest absolute Gasteiger partial charge is 0.467 e. The van der Waals surface area contributed by atoms with Gasteiger partial charge in [-0.25, -0.2) is 4.99 Å². The van der Waals surface area contributed by atoms with Gasteiger partial charge in [0.1, 0.15) is 0 Å². The number of para-hydroxylation sites is 1. The second kappa shape index (κ2) is 5.28. The molecule has 7 nitrogen and oxygen atoms in total. The van der Waals surface area contributed by atoms with Gasteiger partial charge in [0.25, 0.3) is 0 Å². The fourth-order valence-electron chi connectivity index (χ4n) is 1.46. The van der Waals surface area contributed by atoms with E-state index in [9.17, 15) is 0 Å². The Labute approximate surface area is 104 Å². The van der Waals surface area contributed by atoms with Crippen molar-refractivity contribution in [2.24, 2.45) is 20.9 Å². The maximum Gasteiger partial charge on any atom is 0.315 e. The van der Waals surface area contributed by atoms with Crippen LogP contribution in [-0.4, -0.2) is 36.1 Å². The summed E-state index contributed by atoms with van der Waals surface area (Å²) in [7, 11) is 1.44. The number of hydrogen-bond donors (Lipinski definition) is 3. The van der Waals surface area contributed by atoms with E-state index in [1.807, 2.05) is 30.3 Å². The average Bonchev–Trinajstić information content (AvgIpc) is 2.39. The van der Waals surface area contributed by atoms with Crippen LogP contribution in [0.1, 0.15) is 0 Å². The molecule has 0 spiro atoms. The molecule has 2 rings (SSSR count). The van der Waals surface area contributed by atoms with Crippen molar-refractivity contribution in [2.45, 2.75) is 6.17 Å². The van der Waals surface area contributed by atoms with Crippen LogP contribution < -0.4 is 11.1 Å². The molecule has 0 aliphatic carbocycles. The molecule has 0 fully saturated rings. The lowest BCUT2D eigenvalue weighted by Gasteiger charge is -2.18. The van der Waals surface area contributed by atoms with Crippen molar-refractivity contribution in [1.82, 2.24) is 0 Å². The summed E-state index contributed by atoms with van der Waals surface area (Å²) in [4.78, 5) is 7.96. The summed E-state index contributed by atoms with van der Waals surface area (Å²) in [6, 6.07) is 9.46. The number of ether oxygens (including phenoxy) is 1. The Kier molecular flexibility index (Phi) is 3.54. The first-order valence-corrected chi connectivity index (χ1v) is 5.25. The van der Waals surface area contributed by atoms with Gasteiger partial charge in [-0.05, 0) is 12.1 Å². The molecule has 1 aromatic carbocycles. The van der Waals surface area contributed by atoms with E-state index in [-0.39, 0.29) is 11.7 Å². The monoisotopic (exact) mass is 247 g/mol. The predicted octanol–water partition coefficient (Wildman–Crippen LogP) is 0.628. The van der Waals surface area contributed by atoms with Gasteiger partial charge in [0.15, 0.2) is 17.7 Å². The molecular formula is C11H13N5O2. The number of nitrogens with zero attached hydrogens (tertiary/aromatic N) is 3. The molecule has 1 unspecified atom stereocenters. The Balaban J connectivity index is 2.29. The first-order valence-electron chi connectivity index (χ1n) is 5.25. The molecule has 1 aromatic rings. The second-order valence-electron chi connectivity index (χ2n) is 3.50. The van der Waals surface area contributed by atoms with Crippen molar-refractivity contribution >= 4 is 23.3 Å². The van der Waals surface area contributed by atoms with Gasteiger partial charge in [0.2, 0.25) is 0 Å². The van der Waals surface area contributed by atoms with E-state index in [1.165, 1.54) is 7.11 Å². The Bertz CT molecular complexity index is 509. The van der Waals surface area contributed by atoms with E-state index in [4.69, 9.17) is 15.7 Å². The molecule has 7 heteroatoms. The van der Waals surface area contributed by atoms with Gasteiger partial charge in [-0.15, -0.1) is 0 Å². The first kappa shape index (κ1) is 12.1. The van der Waals surface area contributed by atoms with E-state index in [1.54, 1.807) is 0 Å². The van der Waals surface area contributed by atoms with Crippen LogP contribution in [-0.2, 0) is 4.74 Å². The molecule has 1 aliphatic heterocycles. The van der Waals surface area contributed by atoms with Crippen LogP contribution in [0.2, 0.25) is 0 Å². The number of rotatable bonds is 1. The summed E-state index contributed by atoms with van der Waals surface area (Å²) in [5.41, 5.74) is 6.67. The van der Waals surface area contributed by atoms with Crippen LogP contribution >= 0.6 is 0 Å². The van der Waals surface area contributed by atoms with E-state index in [0.717, 1.165) is 5.69 Å². The number of oxime groups is 1. The van der Waals surface area contributed by atoms with Crippen molar-refractivity contribution in [3.8, 4) is 0 Å². The van der Waals surface area contributed by atoms with Gasteiger partial charge in [0, 0.05) is 5.69 Å². The summed E-state index contributed by atoms with van der Waals surface area (Å²) in [6.07, 6.45) is -0.811. The van der Waals surface area contributed by atoms with E-state index >= 15 is 0 Å². The number of benzene rings is 1. The zero-order valence-electron chi connectivity index (χ0n) is 9.74. The number of nitrogens with two attached hydrogens (primary N) is 1. The molecule has 0 aromatic heterocycles. The molecule has 0 bridgehead atoms. The van der Waals surface area contributed by atoms with Gasteiger partial charge < -0.3 is 21.0 Å². The molecule has 1 atom stereocenters.